The second-order valence-corrected chi connectivity index (χ2v) is 5.60. The van der Waals surface area contributed by atoms with Crippen LogP contribution in [0.4, 0.5) is 0 Å². The van der Waals surface area contributed by atoms with Crippen LogP contribution >= 0.6 is 0 Å². The van der Waals surface area contributed by atoms with Gasteiger partial charge in [-0.05, 0) is 64.0 Å². The molecule has 1 fully saturated rings. The summed E-state index contributed by atoms with van der Waals surface area (Å²) in [6.45, 7) is 5.76. The van der Waals surface area contributed by atoms with Crippen LogP contribution in [0.25, 0.3) is 0 Å². The molecule has 1 saturated heterocycles. The summed E-state index contributed by atoms with van der Waals surface area (Å²) in [4.78, 5) is 20.9. The van der Waals surface area contributed by atoms with Crippen molar-refractivity contribution >= 4 is 5.91 Å². The number of likely N-dealkylation sites (tertiary alicyclic amines) is 1. The Kier molecular flexibility index (Phi) is 5.53. The number of likely N-dealkylation sites (N-methyl/N-ethyl adjacent to an activating group) is 1. The highest BCUT2D eigenvalue weighted by molar-refractivity contribution is 5.79. The number of nitrogens with zero attached hydrogens (tertiary/aromatic N) is 3. The Labute approximate surface area is 121 Å². The predicted molar refractivity (Wildman–Crippen MR) is 80.4 cm³/mol. The average molecular weight is 275 g/mol. The van der Waals surface area contributed by atoms with Gasteiger partial charge in [-0.15, -0.1) is 0 Å². The zero-order valence-electron chi connectivity index (χ0n) is 12.6. The molecule has 0 aromatic carbocycles. The van der Waals surface area contributed by atoms with Gasteiger partial charge in [0.25, 0.3) is 0 Å². The van der Waals surface area contributed by atoms with Crippen LogP contribution < -0.4 is 0 Å². The molecule has 0 aliphatic carbocycles. The van der Waals surface area contributed by atoms with Crippen LogP contribution in [0.1, 0.15) is 25.3 Å². The maximum absolute atomic E-state index is 12.6. The fourth-order valence-electron chi connectivity index (χ4n) is 2.75. The van der Waals surface area contributed by atoms with E-state index in [1.54, 1.807) is 0 Å². The predicted octanol–water partition coefficient (Wildman–Crippen LogP) is 1.81. The molecule has 0 N–H and O–H groups in total. The zero-order valence-corrected chi connectivity index (χ0v) is 12.6. The summed E-state index contributed by atoms with van der Waals surface area (Å²) in [7, 11) is 2.13. The minimum Gasteiger partial charge on any atom is -0.342 e. The number of rotatable bonds is 5. The summed E-state index contributed by atoms with van der Waals surface area (Å²) in [6, 6.07) is 4.04. The van der Waals surface area contributed by atoms with E-state index in [0.29, 0.717) is 5.91 Å². The monoisotopic (exact) mass is 275 g/mol. The highest BCUT2D eigenvalue weighted by Crippen LogP contribution is 2.18. The lowest BCUT2D eigenvalue weighted by Gasteiger charge is -2.32. The molecule has 2 rings (SSSR count). The van der Waals surface area contributed by atoms with Crippen LogP contribution in [0.15, 0.2) is 24.5 Å². The molecular formula is C16H25N3O. The Morgan fingerprint density at radius 2 is 2.00 bits per heavy atom. The Bertz CT molecular complexity index is 413. The molecule has 1 aromatic heterocycles. The van der Waals surface area contributed by atoms with Gasteiger partial charge in [-0.2, -0.15) is 0 Å². The molecule has 0 spiro atoms. The van der Waals surface area contributed by atoms with Gasteiger partial charge in [-0.1, -0.05) is 0 Å². The summed E-state index contributed by atoms with van der Waals surface area (Å²) in [5, 5.41) is 0. The molecule has 20 heavy (non-hydrogen) atoms. The van der Waals surface area contributed by atoms with Gasteiger partial charge in [0.15, 0.2) is 0 Å². The van der Waals surface area contributed by atoms with E-state index in [1.807, 2.05) is 29.4 Å². The first kappa shape index (κ1) is 15.0. The van der Waals surface area contributed by atoms with Crippen LogP contribution in [0, 0.1) is 5.92 Å². The Balaban J connectivity index is 1.86. The lowest BCUT2D eigenvalue weighted by molar-refractivity contribution is -0.136. The van der Waals surface area contributed by atoms with E-state index < -0.39 is 0 Å². The quantitative estimate of drug-likeness (QED) is 0.822. The number of amides is 1. The van der Waals surface area contributed by atoms with E-state index in [-0.39, 0.29) is 5.92 Å². The maximum Gasteiger partial charge on any atom is 0.225 e. The van der Waals surface area contributed by atoms with Gasteiger partial charge in [-0.25, -0.2) is 0 Å². The van der Waals surface area contributed by atoms with Gasteiger partial charge < -0.3 is 9.80 Å². The molecule has 4 heteroatoms. The smallest absolute Gasteiger partial charge is 0.225 e. The molecule has 4 nitrogen and oxygen atoms in total. The number of aromatic nitrogens is 1. The molecule has 0 bridgehead atoms. The number of carbonyl (C=O) groups is 1. The van der Waals surface area contributed by atoms with Crippen molar-refractivity contribution in [2.45, 2.75) is 26.2 Å². The molecule has 1 amide bonds. The SMILES string of the molecule is CCN(CCc1ccncc1)C(=O)C1CCN(C)CC1. The van der Waals surface area contributed by atoms with Crippen molar-refractivity contribution in [1.29, 1.82) is 0 Å². The van der Waals surface area contributed by atoms with Crippen LogP contribution in [0.5, 0.6) is 0 Å². The Morgan fingerprint density at radius 3 is 2.60 bits per heavy atom. The average Bonchev–Trinajstić information content (AvgIpc) is 2.49. The minimum absolute atomic E-state index is 0.226. The lowest BCUT2D eigenvalue weighted by atomic mass is 9.95. The van der Waals surface area contributed by atoms with Gasteiger partial charge in [0, 0.05) is 31.4 Å². The van der Waals surface area contributed by atoms with Gasteiger partial charge in [-0.3, -0.25) is 9.78 Å². The third-order valence-electron chi connectivity index (χ3n) is 4.18. The molecule has 1 aromatic rings. The third kappa shape index (κ3) is 4.04. The van der Waals surface area contributed by atoms with E-state index in [9.17, 15) is 4.79 Å². The topological polar surface area (TPSA) is 36.4 Å². The highest BCUT2D eigenvalue weighted by atomic mass is 16.2. The van der Waals surface area contributed by atoms with Gasteiger partial charge >= 0.3 is 0 Å². The number of pyridine rings is 1. The summed E-state index contributed by atoms with van der Waals surface area (Å²) in [6.07, 6.45) is 6.53. The number of carbonyl (C=O) groups excluding carboxylic acids is 1. The first-order valence-corrected chi connectivity index (χ1v) is 7.57. The molecule has 1 aliphatic rings. The van der Waals surface area contributed by atoms with Crippen molar-refractivity contribution in [3.05, 3.63) is 30.1 Å². The second kappa shape index (κ2) is 7.39. The molecule has 0 unspecified atom stereocenters. The summed E-state index contributed by atoms with van der Waals surface area (Å²) in [5.74, 6) is 0.568. The first-order chi connectivity index (χ1) is 9.70. The van der Waals surface area contributed by atoms with Gasteiger partial charge in [0.1, 0.15) is 0 Å². The van der Waals surface area contributed by atoms with Crippen molar-refractivity contribution in [2.24, 2.45) is 5.92 Å². The van der Waals surface area contributed by atoms with E-state index in [1.165, 1.54) is 5.56 Å². The molecule has 0 atom stereocenters. The van der Waals surface area contributed by atoms with E-state index in [2.05, 4.69) is 23.9 Å². The van der Waals surface area contributed by atoms with E-state index in [4.69, 9.17) is 0 Å². The maximum atomic E-state index is 12.6. The number of hydrogen-bond acceptors (Lipinski definition) is 3. The van der Waals surface area contributed by atoms with Crippen LogP contribution in [-0.2, 0) is 11.2 Å². The molecule has 2 heterocycles. The normalized spacial score (nSPS) is 17.1. The molecule has 0 radical (unpaired) electrons. The van der Waals surface area contributed by atoms with Gasteiger partial charge in [0.05, 0.1) is 0 Å². The fraction of sp³-hybridized carbons (Fsp3) is 0.625. The van der Waals surface area contributed by atoms with Crippen LogP contribution in [0.2, 0.25) is 0 Å². The summed E-state index contributed by atoms with van der Waals surface area (Å²) >= 11 is 0. The third-order valence-corrected chi connectivity index (χ3v) is 4.18. The lowest BCUT2D eigenvalue weighted by Crippen LogP contribution is -2.42. The second-order valence-electron chi connectivity index (χ2n) is 5.60. The van der Waals surface area contributed by atoms with Crippen molar-refractivity contribution in [2.75, 3.05) is 33.2 Å². The Morgan fingerprint density at radius 1 is 1.35 bits per heavy atom. The van der Waals surface area contributed by atoms with E-state index in [0.717, 1.165) is 45.4 Å². The van der Waals surface area contributed by atoms with Crippen molar-refractivity contribution in [1.82, 2.24) is 14.8 Å². The van der Waals surface area contributed by atoms with E-state index >= 15 is 0 Å². The van der Waals surface area contributed by atoms with Crippen LogP contribution in [-0.4, -0.2) is 53.9 Å². The highest BCUT2D eigenvalue weighted by Gasteiger charge is 2.26. The van der Waals surface area contributed by atoms with Crippen molar-refractivity contribution in [3.8, 4) is 0 Å². The van der Waals surface area contributed by atoms with Gasteiger partial charge in [0.2, 0.25) is 5.91 Å². The Hall–Kier alpha value is -1.42. The molecular weight excluding hydrogens is 250 g/mol. The molecule has 110 valence electrons. The van der Waals surface area contributed by atoms with Crippen molar-refractivity contribution in [3.63, 3.8) is 0 Å². The molecule has 1 aliphatic heterocycles. The zero-order chi connectivity index (χ0) is 14.4. The number of hydrogen-bond donors (Lipinski definition) is 0. The summed E-state index contributed by atoms with van der Waals surface area (Å²) < 4.78 is 0. The van der Waals surface area contributed by atoms with Crippen LogP contribution in [0.3, 0.4) is 0 Å². The summed E-state index contributed by atoms with van der Waals surface area (Å²) in [5.41, 5.74) is 1.25. The standard InChI is InChI=1S/C16H25N3O/c1-3-19(13-6-14-4-9-17-10-5-14)16(20)15-7-11-18(2)12-8-15/h4-5,9-10,15H,3,6-8,11-13H2,1-2H3. The van der Waals surface area contributed by atoms with Crippen molar-refractivity contribution < 1.29 is 4.79 Å². The fourth-order valence-corrected chi connectivity index (χ4v) is 2.75. The largest absolute Gasteiger partial charge is 0.342 e. The molecule has 0 saturated carbocycles. The minimum atomic E-state index is 0.226. The first-order valence-electron chi connectivity index (χ1n) is 7.57. The number of piperidine rings is 1.